The van der Waals surface area contributed by atoms with Crippen LogP contribution in [0.25, 0.3) is 0 Å². The molecule has 10 nitrogen and oxygen atoms in total. The number of esters is 2. The molecule has 0 saturated carbocycles. The van der Waals surface area contributed by atoms with Gasteiger partial charge in [-0.15, -0.1) is 0 Å². The Bertz CT molecular complexity index is 1140. The Labute approximate surface area is 186 Å². The Morgan fingerprint density at radius 2 is 1.62 bits per heavy atom. The van der Waals surface area contributed by atoms with E-state index in [1.165, 1.54) is 32.4 Å². The Morgan fingerprint density at radius 1 is 0.969 bits per heavy atom. The van der Waals surface area contributed by atoms with Crippen LogP contribution in [0.5, 0.6) is 5.75 Å². The van der Waals surface area contributed by atoms with E-state index in [1.54, 1.807) is 25.1 Å². The third-order valence-corrected chi connectivity index (χ3v) is 5.54. The van der Waals surface area contributed by atoms with E-state index >= 15 is 0 Å². The SMILES string of the molecule is COC(=O)c1ccc(C(=O)OC)c(NC(=O)CN(c2cc(C)ccc2OC)S(C)(=O)=O)c1. The maximum Gasteiger partial charge on any atom is 0.339 e. The number of anilines is 2. The van der Waals surface area contributed by atoms with Crippen molar-refractivity contribution in [2.24, 2.45) is 0 Å². The van der Waals surface area contributed by atoms with Crippen molar-refractivity contribution in [2.45, 2.75) is 6.92 Å². The third-order valence-electron chi connectivity index (χ3n) is 4.41. The van der Waals surface area contributed by atoms with E-state index < -0.39 is 34.4 Å². The summed E-state index contributed by atoms with van der Waals surface area (Å²) in [5.74, 6) is -1.93. The van der Waals surface area contributed by atoms with Gasteiger partial charge < -0.3 is 19.5 Å². The van der Waals surface area contributed by atoms with Crippen molar-refractivity contribution in [1.82, 2.24) is 0 Å². The molecule has 32 heavy (non-hydrogen) atoms. The van der Waals surface area contributed by atoms with Gasteiger partial charge in [0, 0.05) is 0 Å². The largest absolute Gasteiger partial charge is 0.495 e. The summed E-state index contributed by atoms with van der Waals surface area (Å²) in [4.78, 5) is 36.7. The van der Waals surface area contributed by atoms with Gasteiger partial charge in [-0.2, -0.15) is 0 Å². The van der Waals surface area contributed by atoms with Crippen molar-refractivity contribution >= 4 is 39.2 Å². The summed E-state index contributed by atoms with van der Waals surface area (Å²) in [5.41, 5.74) is 0.966. The Morgan fingerprint density at radius 3 is 2.19 bits per heavy atom. The highest BCUT2D eigenvalue weighted by molar-refractivity contribution is 7.92. The summed E-state index contributed by atoms with van der Waals surface area (Å²) in [6.45, 7) is 1.16. The minimum atomic E-state index is -3.88. The lowest BCUT2D eigenvalue weighted by molar-refractivity contribution is -0.114. The van der Waals surface area contributed by atoms with E-state index in [0.29, 0.717) is 0 Å². The molecule has 1 N–H and O–H groups in total. The van der Waals surface area contributed by atoms with Gasteiger partial charge in [0.1, 0.15) is 12.3 Å². The van der Waals surface area contributed by atoms with Crippen molar-refractivity contribution in [2.75, 3.05) is 43.8 Å². The number of carbonyl (C=O) groups is 3. The van der Waals surface area contributed by atoms with E-state index in [1.807, 2.05) is 0 Å². The van der Waals surface area contributed by atoms with Gasteiger partial charge >= 0.3 is 11.9 Å². The summed E-state index contributed by atoms with van der Waals surface area (Å²) in [6.07, 6.45) is 0.958. The standard InChI is InChI=1S/C21H24N2O8S/c1-13-6-9-18(29-2)17(10-13)23(32(5,27)28)12-19(24)22-16-11-14(20(25)30-3)7-8-15(16)21(26)31-4/h6-11H,12H2,1-5H3,(H,22,24). The molecule has 172 valence electrons. The predicted molar refractivity (Wildman–Crippen MR) is 118 cm³/mol. The number of hydrogen-bond acceptors (Lipinski definition) is 8. The zero-order chi connectivity index (χ0) is 24.1. The number of carbonyl (C=O) groups excluding carboxylic acids is 3. The van der Waals surface area contributed by atoms with Crippen LogP contribution in [0.4, 0.5) is 11.4 Å². The smallest absolute Gasteiger partial charge is 0.339 e. The lowest BCUT2D eigenvalue weighted by Crippen LogP contribution is -2.38. The summed E-state index contributed by atoms with van der Waals surface area (Å²) < 4.78 is 40.4. The minimum absolute atomic E-state index is 0.0208. The van der Waals surface area contributed by atoms with Gasteiger partial charge in [0.25, 0.3) is 0 Å². The lowest BCUT2D eigenvalue weighted by Gasteiger charge is -2.24. The van der Waals surface area contributed by atoms with Gasteiger partial charge in [-0.1, -0.05) is 6.07 Å². The highest BCUT2D eigenvalue weighted by Crippen LogP contribution is 2.31. The van der Waals surface area contributed by atoms with Crippen LogP contribution in [-0.4, -0.2) is 60.4 Å². The van der Waals surface area contributed by atoms with Crippen molar-refractivity contribution in [3.05, 3.63) is 53.1 Å². The van der Waals surface area contributed by atoms with Gasteiger partial charge in [-0.25, -0.2) is 18.0 Å². The first-order chi connectivity index (χ1) is 15.0. The van der Waals surface area contributed by atoms with E-state index in [4.69, 9.17) is 9.47 Å². The van der Waals surface area contributed by atoms with Crippen LogP contribution in [0.1, 0.15) is 26.3 Å². The number of nitrogens with one attached hydrogen (secondary N) is 1. The Balaban J connectivity index is 2.44. The lowest BCUT2D eigenvalue weighted by atomic mass is 10.1. The number of sulfonamides is 1. The van der Waals surface area contributed by atoms with Gasteiger partial charge in [0.2, 0.25) is 15.9 Å². The molecule has 2 aromatic carbocycles. The molecule has 11 heteroatoms. The molecule has 0 aliphatic carbocycles. The maximum absolute atomic E-state index is 12.8. The molecule has 0 saturated heterocycles. The van der Waals surface area contributed by atoms with Crippen LogP contribution in [0.15, 0.2) is 36.4 Å². The number of benzene rings is 2. The number of aryl methyl sites for hydroxylation is 1. The third kappa shape index (κ3) is 5.76. The van der Waals surface area contributed by atoms with Crippen LogP contribution >= 0.6 is 0 Å². The second-order valence-corrected chi connectivity index (χ2v) is 8.64. The fraction of sp³-hybridized carbons (Fsp3) is 0.286. The van der Waals surface area contributed by atoms with Crippen LogP contribution in [0.3, 0.4) is 0 Å². The van der Waals surface area contributed by atoms with Gasteiger partial charge in [0.15, 0.2) is 0 Å². The monoisotopic (exact) mass is 464 g/mol. The van der Waals surface area contributed by atoms with Crippen LogP contribution < -0.4 is 14.4 Å². The maximum atomic E-state index is 12.8. The zero-order valence-corrected chi connectivity index (χ0v) is 19.1. The van der Waals surface area contributed by atoms with Crippen molar-refractivity contribution in [3.8, 4) is 5.75 Å². The number of ether oxygens (including phenoxy) is 3. The first kappa shape index (κ1) is 24.7. The van der Waals surface area contributed by atoms with Crippen LogP contribution in [0, 0.1) is 6.92 Å². The fourth-order valence-electron chi connectivity index (χ4n) is 2.88. The number of methoxy groups -OCH3 is 3. The Hall–Kier alpha value is -3.60. The Kier molecular flexibility index (Phi) is 7.82. The average molecular weight is 464 g/mol. The number of rotatable bonds is 8. The van der Waals surface area contributed by atoms with Crippen LogP contribution in [-0.2, 0) is 24.3 Å². The molecule has 0 unspecified atom stereocenters. The molecule has 0 radical (unpaired) electrons. The van der Waals surface area contributed by atoms with Gasteiger partial charge in [-0.05, 0) is 42.8 Å². The van der Waals surface area contributed by atoms with Crippen molar-refractivity contribution in [1.29, 1.82) is 0 Å². The highest BCUT2D eigenvalue weighted by Gasteiger charge is 2.25. The zero-order valence-electron chi connectivity index (χ0n) is 18.3. The molecule has 0 spiro atoms. The van der Waals surface area contributed by atoms with Crippen molar-refractivity contribution in [3.63, 3.8) is 0 Å². The molecule has 1 amide bonds. The number of hydrogen-bond donors (Lipinski definition) is 1. The van der Waals surface area contributed by atoms with Gasteiger partial charge in [-0.3, -0.25) is 9.10 Å². The van der Waals surface area contributed by atoms with E-state index in [2.05, 4.69) is 10.1 Å². The molecule has 0 aliphatic heterocycles. The quantitative estimate of drug-likeness (QED) is 0.588. The topological polar surface area (TPSA) is 128 Å². The molecule has 2 rings (SSSR count). The summed E-state index contributed by atoms with van der Waals surface area (Å²) in [7, 11) is -0.147. The van der Waals surface area contributed by atoms with E-state index in [-0.39, 0.29) is 28.3 Å². The highest BCUT2D eigenvalue weighted by atomic mass is 32.2. The number of amides is 1. The molecule has 0 aliphatic rings. The second-order valence-electron chi connectivity index (χ2n) is 6.74. The second kappa shape index (κ2) is 10.1. The molecular weight excluding hydrogens is 440 g/mol. The molecular formula is C21H24N2O8S. The molecule has 0 fully saturated rings. The first-order valence-corrected chi connectivity index (χ1v) is 11.1. The minimum Gasteiger partial charge on any atom is -0.495 e. The number of nitrogens with zero attached hydrogens (tertiary/aromatic N) is 1. The van der Waals surface area contributed by atoms with Crippen molar-refractivity contribution < 1.29 is 37.0 Å². The predicted octanol–water partition coefficient (Wildman–Crippen LogP) is 1.98. The van der Waals surface area contributed by atoms with Crippen LogP contribution in [0.2, 0.25) is 0 Å². The summed E-state index contributed by atoms with van der Waals surface area (Å²) >= 11 is 0. The van der Waals surface area contributed by atoms with E-state index in [9.17, 15) is 22.8 Å². The average Bonchev–Trinajstić information content (AvgIpc) is 2.75. The van der Waals surface area contributed by atoms with E-state index in [0.717, 1.165) is 23.2 Å². The summed E-state index contributed by atoms with van der Waals surface area (Å²) in [6, 6.07) is 8.79. The van der Waals surface area contributed by atoms with Gasteiger partial charge in [0.05, 0.1) is 50.1 Å². The summed E-state index contributed by atoms with van der Waals surface area (Å²) in [5, 5.41) is 2.48. The first-order valence-electron chi connectivity index (χ1n) is 9.24. The molecule has 2 aromatic rings. The molecule has 0 bridgehead atoms. The molecule has 0 atom stereocenters. The normalized spacial score (nSPS) is 10.8. The molecule has 0 aromatic heterocycles. The molecule has 0 heterocycles. The fourth-order valence-corrected chi connectivity index (χ4v) is 3.73.